The van der Waals surface area contributed by atoms with Crippen LogP contribution in [-0.2, 0) is 9.59 Å². The molecule has 2 aliphatic rings. The summed E-state index contributed by atoms with van der Waals surface area (Å²) in [4.78, 5) is 31.1. The Kier molecular flexibility index (Phi) is 8.33. The molecule has 2 heterocycles. The molecule has 1 unspecified atom stereocenters. The Morgan fingerprint density at radius 3 is 2.43 bits per heavy atom. The van der Waals surface area contributed by atoms with Crippen LogP contribution in [0.1, 0.15) is 12.5 Å². The van der Waals surface area contributed by atoms with Gasteiger partial charge in [0.25, 0.3) is 11.8 Å². The number of methoxy groups -OCH3 is 2. The molecule has 3 rings (SSSR count). The first-order valence-electron chi connectivity index (χ1n) is 10.7. The van der Waals surface area contributed by atoms with Crippen molar-refractivity contribution in [2.45, 2.75) is 13.0 Å². The fourth-order valence-electron chi connectivity index (χ4n) is 4.02. The zero-order valence-corrected chi connectivity index (χ0v) is 21.5. The molecule has 0 bridgehead atoms. The van der Waals surface area contributed by atoms with Crippen LogP contribution in [0, 0.1) is 17.3 Å². The van der Waals surface area contributed by atoms with Gasteiger partial charge in [-0.25, -0.2) is 0 Å². The van der Waals surface area contributed by atoms with Crippen LogP contribution in [0.2, 0.25) is 10.0 Å². The number of amides is 2. The molecule has 186 valence electrons. The van der Waals surface area contributed by atoms with Crippen LogP contribution in [0.5, 0.6) is 11.5 Å². The van der Waals surface area contributed by atoms with Gasteiger partial charge in [0.05, 0.1) is 29.8 Å². The van der Waals surface area contributed by atoms with Crippen molar-refractivity contribution in [3.05, 3.63) is 39.5 Å². The maximum absolute atomic E-state index is 13.7. The van der Waals surface area contributed by atoms with Gasteiger partial charge in [0.15, 0.2) is 0 Å². The van der Waals surface area contributed by atoms with E-state index in [1.807, 2.05) is 11.9 Å². The molecular weight excluding hydrogens is 493 g/mol. The summed E-state index contributed by atoms with van der Waals surface area (Å²) < 4.78 is 10.7. The lowest BCUT2D eigenvalue weighted by Gasteiger charge is -2.41. The Hall–Kier alpha value is -3.19. The van der Waals surface area contributed by atoms with Crippen molar-refractivity contribution in [3.63, 3.8) is 0 Å². The molecule has 1 aromatic rings. The largest absolute Gasteiger partial charge is 0.495 e. The summed E-state index contributed by atoms with van der Waals surface area (Å²) in [5.41, 5.74) is 6.49. The molecule has 9 nitrogen and oxygen atoms in total. The summed E-state index contributed by atoms with van der Waals surface area (Å²) in [7, 11) is 4.79. The van der Waals surface area contributed by atoms with Crippen molar-refractivity contribution in [1.82, 2.24) is 14.7 Å². The fourth-order valence-corrected chi connectivity index (χ4v) is 4.72. The van der Waals surface area contributed by atoms with Gasteiger partial charge in [0.1, 0.15) is 17.3 Å². The van der Waals surface area contributed by atoms with Crippen LogP contribution < -0.4 is 15.2 Å². The van der Waals surface area contributed by atoms with Gasteiger partial charge in [0, 0.05) is 55.6 Å². The molecule has 1 saturated heterocycles. The Labute approximate surface area is 214 Å². The van der Waals surface area contributed by atoms with Gasteiger partial charge < -0.3 is 20.1 Å². The van der Waals surface area contributed by atoms with Gasteiger partial charge in [0.2, 0.25) is 0 Å². The number of benzene rings is 1. The van der Waals surface area contributed by atoms with Crippen LogP contribution in [0.4, 0.5) is 0 Å². The highest BCUT2D eigenvalue weighted by molar-refractivity contribution is 6.43. The molecular formula is C24H27Cl2N5O4. The topological polar surface area (TPSA) is 112 Å². The second kappa shape index (κ2) is 11.0. The normalized spacial score (nSPS) is 19.9. The average molecular weight is 520 g/mol. The van der Waals surface area contributed by atoms with Gasteiger partial charge in [-0.15, -0.1) is 0 Å². The summed E-state index contributed by atoms with van der Waals surface area (Å²) in [6.07, 6.45) is 2.72. The van der Waals surface area contributed by atoms with Gasteiger partial charge in [-0.3, -0.25) is 24.8 Å². The molecule has 0 saturated carbocycles. The summed E-state index contributed by atoms with van der Waals surface area (Å²) in [5, 5.41) is 8.87. The van der Waals surface area contributed by atoms with Crippen LogP contribution in [-0.4, -0.2) is 85.8 Å². The monoisotopic (exact) mass is 519 g/mol. The second-order valence-electron chi connectivity index (χ2n) is 7.99. The van der Waals surface area contributed by atoms with E-state index in [-0.39, 0.29) is 57.0 Å². The Balaban J connectivity index is 2.02. The quantitative estimate of drug-likeness (QED) is 0.576. The lowest BCUT2D eigenvalue weighted by Crippen LogP contribution is -2.58. The number of hydrogen-bond donors (Lipinski definition) is 2. The number of nitrogens with two attached hydrogens (primary N) is 1. The van der Waals surface area contributed by atoms with E-state index in [0.29, 0.717) is 25.2 Å². The smallest absolute Gasteiger partial charge is 0.298 e. The van der Waals surface area contributed by atoms with Gasteiger partial charge >= 0.3 is 0 Å². The van der Waals surface area contributed by atoms with Crippen molar-refractivity contribution < 1.29 is 19.1 Å². The average Bonchev–Trinajstić information content (AvgIpc) is 2.84. The number of hydrogen-bond acceptors (Lipinski definition) is 7. The van der Waals surface area contributed by atoms with Gasteiger partial charge in [-0.2, -0.15) is 0 Å². The van der Waals surface area contributed by atoms with Crippen molar-refractivity contribution in [1.29, 1.82) is 5.41 Å². The summed E-state index contributed by atoms with van der Waals surface area (Å²) in [6.45, 7) is 3.24. The summed E-state index contributed by atoms with van der Waals surface area (Å²) in [5.74, 6) is 4.93. The highest BCUT2D eigenvalue weighted by Crippen LogP contribution is 2.45. The highest BCUT2D eigenvalue weighted by atomic mass is 35.5. The number of carbonyl (C=O) groups is 2. The number of amidine groups is 1. The van der Waals surface area contributed by atoms with E-state index in [1.54, 1.807) is 11.8 Å². The Morgan fingerprint density at radius 2 is 1.89 bits per heavy atom. The van der Waals surface area contributed by atoms with Crippen molar-refractivity contribution in [2.75, 3.05) is 47.4 Å². The van der Waals surface area contributed by atoms with E-state index >= 15 is 0 Å². The van der Waals surface area contributed by atoms with Gasteiger partial charge in [-0.1, -0.05) is 29.1 Å². The fraction of sp³-hybridized carbons (Fsp3) is 0.375. The molecule has 1 fully saturated rings. The standard InChI is InChI=1S/C24H27Cl2N5O4/c1-5-6-19(32)30-8-7-29(2)15(12-30)13-31-23(28)14(11-27)9-16(24(31)33)20-21(25)17(34-3)10-18(35-4)22(20)26/h9-11,15,28H,7-8,12-13,27H2,1-4H3/b14-11-,28-23?. The predicted octanol–water partition coefficient (Wildman–Crippen LogP) is 2.22. The molecule has 2 aliphatic heterocycles. The number of rotatable bonds is 5. The van der Waals surface area contributed by atoms with Crippen LogP contribution in [0.25, 0.3) is 5.57 Å². The number of nitrogens with one attached hydrogen (secondary N) is 1. The molecule has 35 heavy (non-hydrogen) atoms. The minimum absolute atomic E-state index is 0.0615. The van der Waals surface area contributed by atoms with E-state index in [4.69, 9.17) is 43.8 Å². The van der Waals surface area contributed by atoms with E-state index in [0.717, 1.165) is 0 Å². The molecule has 2 amide bonds. The number of piperazine rings is 1. The summed E-state index contributed by atoms with van der Waals surface area (Å²) in [6, 6.07) is 1.29. The van der Waals surface area contributed by atoms with Gasteiger partial charge in [-0.05, 0) is 26.0 Å². The molecule has 0 spiro atoms. The molecule has 1 atom stereocenters. The number of nitrogens with zero attached hydrogens (tertiary/aromatic N) is 3. The predicted molar refractivity (Wildman–Crippen MR) is 136 cm³/mol. The summed E-state index contributed by atoms with van der Waals surface area (Å²) >= 11 is 13.1. The van der Waals surface area contributed by atoms with Crippen molar-refractivity contribution in [3.8, 4) is 23.3 Å². The van der Waals surface area contributed by atoms with E-state index in [2.05, 4.69) is 11.8 Å². The highest BCUT2D eigenvalue weighted by Gasteiger charge is 2.37. The number of carbonyl (C=O) groups excluding carboxylic acids is 2. The van der Waals surface area contributed by atoms with E-state index in [1.165, 1.54) is 37.5 Å². The molecule has 11 heteroatoms. The first-order valence-corrected chi connectivity index (χ1v) is 11.5. The molecule has 0 aliphatic carbocycles. The molecule has 3 N–H and O–H groups in total. The first-order chi connectivity index (χ1) is 16.7. The SMILES string of the molecule is CC#CC(=O)N1CCN(C)C(CN2C(=N)/C(=C\N)C=C(c3c(Cl)c(OC)cc(OC)c3Cl)C2=O)C1. The van der Waals surface area contributed by atoms with E-state index < -0.39 is 5.91 Å². The Bertz CT molecular complexity index is 1160. The minimum Gasteiger partial charge on any atom is -0.495 e. The zero-order valence-electron chi connectivity index (χ0n) is 19.9. The first kappa shape index (κ1) is 26.4. The second-order valence-corrected chi connectivity index (χ2v) is 8.74. The maximum Gasteiger partial charge on any atom is 0.298 e. The third-order valence-electron chi connectivity index (χ3n) is 6.03. The number of ether oxygens (including phenoxy) is 2. The molecule has 1 aromatic carbocycles. The lowest BCUT2D eigenvalue weighted by molar-refractivity contribution is -0.128. The van der Waals surface area contributed by atoms with Crippen LogP contribution in [0.3, 0.4) is 0 Å². The maximum atomic E-state index is 13.7. The number of likely N-dealkylation sites (N-methyl/N-ethyl adjacent to an activating group) is 1. The Morgan fingerprint density at radius 1 is 1.26 bits per heavy atom. The van der Waals surface area contributed by atoms with Crippen molar-refractivity contribution >= 4 is 46.4 Å². The van der Waals surface area contributed by atoms with Crippen LogP contribution in [0.15, 0.2) is 23.9 Å². The van der Waals surface area contributed by atoms with E-state index in [9.17, 15) is 9.59 Å². The molecule has 0 radical (unpaired) electrons. The van der Waals surface area contributed by atoms with Crippen LogP contribution >= 0.6 is 23.2 Å². The number of halogens is 2. The molecule has 0 aromatic heterocycles. The minimum atomic E-state index is -0.482. The lowest BCUT2D eigenvalue weighted by atomic mass is 9.95. The third-order valence-corrected chi connectivity index (χ3v) is 6.78. The van der Waals surface area contributed by atoms with Crippen molar-refractivity contribution in [2.24, 2.45) is 5.73 Å². The zero-order chi connectivity index (χ0) is 25.9. The third kappa shape index (κ3) is 5.10.